The van der Waals surface area contributed by atoms with Gasteiger partial charge in [-0.2, -0.15) is 0 Å². The third-order valence-corrected chi connectivity index (χ3v) is 6.22. The molecule has 1 amide bonds. The van der Waals surface area contributed by atoms with E-state index in [1.807, 2.05) is 37.3 Å². The van der Waals surface area contributed by atoms with E-state index in [9.17, 15) is 13.2 Å². The minimum atomic E-state index is -3.74. The second-order valence-corrected chi connectivity index (χ2v) is 8.60. The molecule has 2 unspecified atom stereocenters. The van der Waals surface area contributed by atoms with E-state index in [2.05, 4.69) is 10.0 Å². The van der Waals surface area contributed by atoms with Gasteiger partial charge in [0.1, 0.15) is 0 Å². The van der Waals surface area contributed by atoms with Crippen LogP contribution in [0, 0.1) is 0 Å². The van der Waals surface area contributed by atoms with Crippen molar-refractivity contribution in [2.45, 2.75) is 30.8 Å². The van der Waals surface area contributed by atoms with Gasteiger partial charge in [0.2, 0.25) is 10.0 Å². The first-order valence-corrected chi connectivity index (χ1v) is 10.5. The summed E-state index contributed by atoms with van der Waals surface area (Å²) in [6.45, 7) is 5.78. The number of rotatable bonds is 5. The molecule has 1 aliphatic heterocycles. The Labute approximate surface area is 172 Å². The number of piperazine rings is 1. The normalized spacial score (nSPS) is 18.2. The third-order valence-electron chi connectivity index (χ3n) is 4.68. The van der Waals surface area contributed by atoms with Gasteiger partial charge in [0, 0.05) is 37.3 Å². The summed E-state index contributed by atoms with van der Waals surface area (Å²) in [5.74, 6) is -0.142. The van der Waals surface area contributed by atoms with Crippen LogP contribution in [0.3, 0.4) is 0 Å². The Kier molecular flexibility index (Phi) is 7.60. The SMILES string of the molecule is CC1CN(C(=O)c2cccc(S(=O)(=O)NC(C)c3ccccc3)c2)CCN1.Cl. The lowest BCUT2D eigenvalue weighted by molar-refractivity contribution is 0.0709. The molecular weight excluding hydrogens is 398 g/mol. The van der Waals surface area contributed by atoms with E-state index in [0.29, 0.717) is 18.7 Å². The Bertz CT molecular complexity index is 906. The molecule has 2 atom stereocenters. The summed E-state index contributed by atoms with van der Waals surface area (Å²) in [6.07, 6.45) is 0. The van der Waals surface area contributed by atoms with Gasteiger partial charge in [0.15, 0.2) is 0 Å². The van der Waals surface area contributed by atoms with Gasteiger partial charge in [-0.05, 0) is 37.6 Å². The molecule has 6 nitrogen and oxygen atoms in total. The highest BCUT2D eigenvalue weighted by Crippen LogP contribution is 2.18. The van der Waals surface area contributed by atoms with Gasteiger partial charge in [-0.15, -0.1) is 12.4 Å². The van der Waals surface area contributed by atoms with Crippen LogP contribution in [0.1, 0.15) is 35.8 Å². The van der Waals surface area contributed by atoms with Gasteiger partial charge in [-0.25, -0.2) is 13.1 Å². The molecule has 0 aromatic heterocycles. The molecule has 0 aliphatic carbocycles. The van der Waals surface area contributed by atoms with Crippen LogP contribution >= 0.6 is 12.4 Å². The fourth-order valence-electron chi connectivity index (χ4n) is 3.21. The predicted molar refractivity (Wildman–Crippen MR) is 112 cm³/mol. The third kappa shape index (κ3) is 5.32. The number of amides is 1. The van der Waals surface area contributed by atoms with Gasteiger partial charge in [0.25, 0.3) is 5.91 Å². The Morgan fingerprint density at radius 2 is 1.89 bits per heavy atom. The second kappa shape index (κ2) is 9.52. The largest absolute Gasteiger partial charge is 0.336 e. The van der Waals surface area contributed by atoms with Crippen molar-refractivity contribution in [1.82, 2.24) is 14.9 Å². The molecule has 152 valence electrons. The van der Waals surface area contributed by atoms with Crippen LogP contribution in [0.2, 0.25) is 0 Å². The fraction of sp³-hybridized carbons (Fsp3) is 0.350. The molecule has 1 fully saturated rings. The molecule has 28 heavy (non-hydrogen) atoms. The first-order valence-electron chi connectivity index (χ1n) is 9.07. The summed E-state index contributed by atoms with van der Waals surface area (Å²) in [4.78, 5) is 14.6. The van der Waals surface area contributed by atoms with Crippen LogP contribution in [-0.2, 0) is 10.0 Å². The number of hydrogen-bond donors (Lipinski definition) is 2. The van der Waals surface area contributed by atoms with Crippen LogP contribution in [0.15, 0.2) is 59.5 Å². The molecule has 2 aromatic rings. The topological polar surface area (TPSA) is 78.5 Å². The van der Waals surface area contributed by atoms with Crippen molar-refractivity contribution in [2.24, 2.45) is 0 Å². The van der Waals surface area contributed by atoms with Crippen molar-refractivity contribution in [1.29, 1.82) is 0 Å². The van der Waals surface area contributed by atoms with Gasteiger partial charge < -0.3 is 10.2 Å². The number of nitrogens with zero attached hydrogens (tertiary/aromatic N) is 1. The smallest absolute Gasteiger partial charge is 0.253 e. The molecule has 1 saturated heterocycles. The Morgan fingerprint density at radius 3 is 2.57 bits per heavy atom. The zero-order valence-corrected chi connectivity index (χ0v) is 17.6. The number of sulfonamides is 1. The van der Waals surface area contributed by atoms with Crippen molar-refractivity contribution in [3.63, 3.8) is 0 Å². The van der Waals surface area contributed by atoms with E-state index >= 15 is 0 Å². The molecule has 1 aliphatic rings. The van der Waals surface area contributed by atoms with E-state index in [1.54, 1.807) is 24.0 Å². The average molecular weight is 424 g/mol. The Hall–Kier alpha value is -1.93. The highest BCUT2D eigenvalue weighted by molar-refractivity contribution is 7.89. The first kappa shape index (κ1) is 22.4. The average Bonchev–Trinajstić information content (AvgIpc) is 2.68. The molecule has 0 radical (unpaired) electrons. The summed E-state index contributed by atoms with van der Waals surface area (Å²) in [7, 11) is -3.74. The maximum Gasteiger partial charge on any atom is 0.253 e. The summed E-state index contributed by atoms with van der Waals surface area (Å²) in [5, 5.41) is 3.29. The van der Waals surface area contributed by atoms with Gasteiger partial charge >= 0.3 is 0 Å². The molecule has 3 rings (SSSR count). The number of hydrogen-bond acceptors (Lipinski definition) is 4. The fourth-order valence-corrected chi connectivity index (χ4v) is 4.48. The summed E-state index contributed by atoms with van der Waals surface area (Å²) >= 11 is 0. The van der Waals surface area contributed by atoms with Crippen molar-refractivity contribution in [2.75, 3.05) is 19.6 Å². The van der Waals surface area contributed by atoms with E-state index in [-0.39, 0.29) is 35.3 Å². The Morgan fingerprint density at radius 1 is 1.18 bits per heavy atom. The molecule has 2 aromatic carbocycles. The van der Waals surface area contributed by atoms with Gasteiger partial charge in [0.05, 0.1) is 4.90 Å². The standard InChI is InChI=1S/C20H25N3O3S.ClH/c1-15-14-23(12-11-21-15)20(24)18-9-6-10-19(13-18)27(25,26)22-16(2)17-7-4-3-5-8-17;/h3-10,13,15-16,21-22H,11-12,14H2,1-2H3;1H. The molecule has 2 N–H and O–H groups in total. The van der Waals surface area contributed by atoms with E-state index in [0.717, 1.165) is 12.1 Å². The highest BCUT2D eigenvalue weighted by atomic mass is 35.5. The lowest BCUT2D eigenvalue weighted by Gasteiger charge is -2.32. The monoisotopic (exact) mass is 423 g/mol. The zero-order chi connectivity index (χ0) is 19.4. The molecular formula is C20H26ClN3O3S. The maximum atomic E-state index is 12.8. The summed E-state index contributed by atoms with van der Waals surface area (Å²) in [6, 6.07) is 15.5. The van der Waals surface area contributed by atoms with E-state index < -0.39 is 10.0 Å². The predicted octanol–water partition coefficient (Wildman–Crippen LogP) is 2.58. The number of nitrogens with one attached hydrogen (secondary N) is 2. The minimum absolute atomic E-state index is 0. The van der Waals surface area contributed by atoms with Crippen molar-refractivity contribution in [3.8, 4) is 0 Å². The number of benzene rings is 2. The molecule has 0 bridgehead atoms. The van der Waals surface area contributed by atoms with Crippen LogP contribution in [-0.4, -0.2) is 44.9 Å². The maximum absolute atomic E-state index is 12.8. The quantitative estimate of drug-likeness (QED) is 0.774. The molecule has 0 spiro atoms. The van der Waals surface area contributed by atoms with Crippen LogP contribution < -0.4 is 10.0 Å². The number of carbonyl (C=O) groups is 1. The van der Waals surface area contributed by atoms with Gasteiger partial charge in [-0.3, -0.25) is 4.79 Å². The van der Waals surface area contributed by atoms with Crippen LogP contribution in [0.4, 0.5) is 0 Å². The van der Waals surface area contributed by atoms with Crippen molar-refractivity contribution < 1.29 is 13.2 Å². The first-order chi connectivity index (χ1) is 12.9. The van der Waals surface area contributed by atoms with Crippen LogP contribution in [0.5, 0.6) is 0 Å². The minimum Gasteiger partial charge on any atom is -0.336 e. The lowest BCUT2D eigenvalue weighted by Crippen LogP contribution is -2.51. The summed E-state index contributed by atoms with van der Waals surface area (Å²) in [5.41, 5.74) is 1.27. The van der Waals surface area contributed by atoms with Crippen molar-refractivity contribution in [3.05, 3.63) is 65.7 Å². The number of carbonyl (C=O) groups excluding carboxylic acids is 1. The zero-order valence-electron chi connectivity index (χ0n) is 16.0. The highest BCUT2D eigenvalue weighted by Gasteiger charge is 2.24. The molecule has 0 saturated carbocycles. The lowest BCUT2D eigenvalue weighted by atomic mass is 10.1. The van der Waals surface area contributed by atoms with Crippen molar-refractivity contribution >= 4 is 28.3 Å². The van der Waals surface area contributed by atoms with Gasteiger partial charge in [-0.1, -0.05) is 36.4 Å². The van der Waals surface area contributed by atoms with Crippen LogP contribution in [0.25, 0.3) is 0 Å². The molecule has 1 heterocycles. The molecule has 8 heteroatoms. The Balaban J connectivity index is 0.00000280. The van der Waals surface area contributed by atoms with E-state index in [4.69, 9.17) is 0 Å². The van der Waals surface area contributed by atoms with E-state index in [1.165, 1.54) is 12.1 Å². The number of halogens is 1. The summed E-state index contributed by atoms with van der Waals surface area (Å²) < 4.78 is 28.2. The second-order valence-electron chi connectivity index (χ2n) is 6.89.